The molecule has 0 aliphatic heterocycles. The average Bonchev–Trinajstić information content (AvgIpc) is 2.76. The van der Waals surface area contributed by atoms with Crippen molar-refractivity contribution in [2.75, 3.05) is 11.1 Å². The van der Waals surface area contributed by atoms with Crippen LogP contribution in [0.2, 0.25) is 0 Å². The van der Waals surface area contributed by atoms with Crippen LogP contribution in [-0.4, -0.2) is 15.1 Å². The third kappa shape index (κ3) is 2.50. The number of phenolic OH excluding ortho intramolecular Hbond substituents is 1. The van der Waals surface area contributed by atoms with Crippen molar-refractivity contribution in [3.8, 4) is 5.75 Å². The molecule has 4 N–H and O–H groups in total. The van der Waals surface area contributed by atoms with Gasteiger partial charge in [-0.1, -0.05) is 0 Å². The van der Waals surface area contributed by atoms with E-state index in [1.54, 1.807) is 35.9 Å². The second-order valence-corrected chi connectivity index (χ2v) is 6.13. The Hall–Kier alpha value is -2.34. The molecule has 0 spiro atoms. The number of aromatic hydroxyl groups is 1. The maximum atomic E-state index is 9.86. The summed E-state index contributed by atoms with van der Waals surface area (Å²) in [5.41, 5.74) is 8.31. The van der Waals surface area contributed by atoms with E-state index in [2.05, 4.69) is 29.1 Å². The third-order valence-corrected chi connectivity index (χ3v) is 4.63. The maximum absolute atomic E-state index is 9.86. The minimum absolute atomic E-state index is 0.222. The molecular weight excluding hydrogens is 284 g/mol. The van der Waals surface area contributed by atoms with Crippen LogP contribution in [0.1, 0.15) is 16.0 Å². The normalized spacial score (nSPS) is 11.0. The van der Waals surface area contributed by atoms with Gasteiger partial charge in [0.15, 0.2) is 0 Å². The molecule has 0 bridgehead atoms. The van der Waals surface area contributed by atoms with Gasteiger partial charge in [-0.25, -0.2) is 9.97 Å². The maximum Gasteiger partial charge on any atom is 0.138 e. The average molecular weight is 300 g/mol. The summed E-state index contributed by atoms with van der Waals surface area (Å²) in [6.45, 7) is 4.60. The van der Waals surface area contributed by atoms with Crippen LogP contribution in [0.15, 0.2) is 24.5 Å². The zero-order valence-electron chi connectivity index (χ0n) is 11.8. The number of nitrogens with zero attached hydrogens (tertiary/aromatic N) is 2. The zero-order chi connectivity index (χ0) is 15.0. The lowest BCUT2D eigenvalue weighted by atomic mass is 10.1. The lowest BCUT2D eigenvalue weighted by Gasteiger charge is -2.09. The number of fused-ring (bicyclic) bond motifs is 1. The monoisotopic (exact) mass is 300 g/mol. The summed E-state index contributed by atoms with van der Waals surface area (Å²) in [5.74, 6) is 1.00. The highest BCUT2D eigenvalue weighted by atomic mass is 32.1. The van der Waals surface area contributed by atoms with Gasteiger partial charge in [-0.05, 0) is 37.6 Å². The summed E-state index contributed by atoms with van der Waals surface area (Å²) in [6, 6.07) is 5.03. The Morgan fingerprint density at radius 1 is 1.29 bits per heavy atom. The van der Waals surface area contributed by atoms with Gasteiger partial charge in [0.05, 0.1) is 5.39 Å². The van der Waals surface area contributed by atoms with E-state index in [4.69, 9.17) is 5.73 Å². The molecule has 0 fully saturated rings. The zero-order valence-corrected chi connectivity index (χ0v) is 12.7. The van der Waals surface area contributed by atoms with Gasteiger partial charge in [0.2, 0.25) is 0 Å². The van der Waals surface area contributed by atoms with Crippen LogP contribution in [0.3, 0.4) is 0 Å². The first-order chi connectivity index (χ1) is 10.1. The van der Waals surface area contributed by atoms with Crippen LogP contribution in [-0.2, 0) is 6.54 Å². The number of nitrogens with one attached hydrogen (secondary N) is 1. The molecule has 0 saturated heterocycles. The Kier molecular flexibility index (Phi) is 3.39. The van der Waals surface area contributed by atoms with E-state index in [0.29, 0.717) is 12.2 Å². The van der Waals surface area contributed by atoms with Crippen molar-refractivity contribution in [1.29, 1.82) is 0 Å². The van der Waals surface area contributed by atoms with E-state index in [0.717, 1.165) is 21.6 Å². The predicted molar refractivity (Wildman–Crippen MR) is 86.7 cm³/mol. The molecule has 3 aromatic rings. The molecule has 2 aromatic heterocycles. The molecule has 2 heterocycles. The topological polar surface area (TPSA) is 84.1 Å². The number of nitrogen functional groups attached to an aromatic ring is 1. The van der Waals surface area contributed by atoms with Gasteiger partial charge in [-0.2, -0.15) is 0 Å². The number of rotatable bonds is 3. The van der Waals surface area contributed by atoms with Crippen molar-refractivity contribution < 1.29 is 5.11 Å². The lowest BCUT2D eigenvalue weighted by molar-refractivity contribution is 0.469. The number of nitrogens with two attached hydrogens (primary N) is 1. The van der Waals surface area contributed by atoms with Crippen LogP contribution in [0.25, 0.3) is 10.2 Å². The van der Waals surface area contributed by atoms with Crippen molar-refractivity contribution in [2.45, 2.75) is 20.4 Å². The highest BCUT2D eigenvalue weighted by molar-refractivity contribution is 7.18. The van der Waals surface area contributed by atoms with Crippen molar-refractivity contribution >= 4 is 33.1 Å². The van der Waals surface area contributed by atoms with Crippen LogP contribution in [0.5, 0.6) is 5.75 Å². The highest BCUT2D eigenvalue weighted by Gasteiger charge is 2.12. The molecule has 0 unspecified atom stereocenters. The Morgan fingerprint density at radius 3 is 2.90 bits per heavy atom. The molecule has 21 heavy (non-hydrogen) atoms. The summed E-state index contributed by atoms with van der Waals surface area (Å²) < 4.78 is 0. The minimum Gasteiger partial charge on any atom is -0.508 e. The number of hydrogen-bond donors (Lipinski definition) is 3. The lowest BCUT2D eigenvalue weighted by Crippen LogP contribution is -2.03. The van der Waals surface area contributed by atoms with Gasteiger partial charge in [0, 0.05) is 22.7 Å². The van der Waals surface area contributed by atoms with Gasteiger partial charge >= 0.3 is 0 Å². The van der Waals surface area contributed by atoms with Crippen molar-refractivity contribution in [2.24, 2.45) is 0 Å². The van der Waals surface area contributed by atoms with Crippen LogP contribution in [0.4, 0.5) is 11.5 Å². The number of phenols is 1. The molecule has 0 amide bonds. The number of benzene rings is 1. The van der Waals surface area contributed by atoms with Crippen LogP contribution in [0, 0.1) is 13.8 Å². The van der Waals surface area contributed by atoms with Gasteiger partial charge in [-0.3, -0.25) is 0 Å². The molecule has 5 nitrogen and oxygen atoms in total. The largest absolute Gasteiger partial charge is 0.508 e. The van der Waals surface area contributed by atoms with Gasteiger partial charge in [-0.15, -0.1) is 11.3 Å². The fraction of sp³-hybridized carbons (Fsp3) is 0.200. The third-order valence-electron chi connectivity index (χ3n) is 3.52. The second kappa shape index (κ2) is 5.21. The summed E-state index contributed by atoms with van der Waals surface area (Å²) >= 11 is 1.66. The Morgan fingerprint density at radius 2 is 2.10 bits per heavy atom. The summed E-state index contributed by atoms with van der Waals surface area (Å²) in [4.78, 5) is 10.8. The van der Waals surface area contributed by atoms with E-state index in [1.807, 2.05) is 0 Å². The van der Waals surface area contributed by atoms with Crippen molar-refractivity contribution in [3.63, 3.8) is 0 Å². The molecule has 0 atom stereocenters. The van der Waals surface area contributed by atoms with Crippen molar-refractivity contribution in [1.82, 2.24) is 9.97 Å². The van der Waals surface area contributed by atoms with Gasteiger partial charge in [0.25, 0.3) is 0 Å². The molecule has 6 heteroatoms. The fourth-order valence-corrected chi connectivity index (χ4v) is 3.24. The van der Waals surface area contributed by atoms with Crippen LogP contribution < -0.4 is 11.1 Å². The van der Waals surface area contributed by atoms with E-state index >= 15 is 0 Å². The fourth-order valence-electron chi connectivity index (χ4n) is 2.24. The first kappa shape index (κ1) is 13.6. The molecule has 0 aliphatic carbocycles. The summed E-state index contributed by atoms with van der Waals surface area (Å²) in [6.07, 6.45) is 1.55. The first-order valence-electron chi connectivity index (χ1n) is 6.58. The summed E-state index contributed by atoms with van der Waals surface area (Å²) in [7, 11) is 0. The molecule has 0 radical (unpaired) electrons. The minimum atomic E-state index is 0.222. The number of aromatic nitrogens is 2. The van der Waals surface area contributed by atoms with E-state index < -0.39 is 0 Å². The quantitative estimate of drug-likeness (QED) is 0.511. The number of thiophene rings is 1. The molecule has 1 aromatic carbocycles. The number of aryl methyl sites for hydroxylation is 2. The van der Waals surface area contributed by atoms with Crippen LogP contribution >= 0.6 is 11.3 Å². The van der Waals surface area contributed by atoms with Crippen molar-refractivity contribution in [3.05, 3.63) is 40.5 Å². The van der Waals surface area contributed by atoms with Gasteiger partial charge in [0.1, 0.15) is 22.7 Å². The standard InChI is InChI=1S/C15H16N4OS/c1-8-9(2)21-15-13(8)14(18-7-19-15)17-6-10-5-11(16)3-4-12(10)20/h3-5,7,20H,6,16H2,1-2H3,(H,17,18,19). The van der Waals surface area contributed by atoms with Gasteiger partial charge < -0.3 is 16.2 Å². The predicted octanol–water partition coefficient (Wildman–Crippen LogP) is 3.21. The highest BCUT2D eigenvalue weighted by Crippen LogP contribution is 2.33. The molecular formula is C15H16N4OS. The van der Waals surface area contributed by atoms with E-state index in [-0.39, 0.29) is 5.75 Å². The Bertz CT molecular complexity index is 813. The summed E-state index contributed by atoms with van der Waals surface area (Å²) in [5, 5.41) is 14.2. The smallest absolute Gasteiger partial charge is 0.138 e. The molecule has 0 aliphatic rings. The SMILES string of the molecule is Cc1sc2ncnc(NCc3cc(N)ccc3O)c2c1C. The Balaban J connectivity index is 1.93. The second-order valence-electron chi connectivity index (χ2n) is 4.93. The van der Waals surface area contributed by atoms with E-state index in [1.165, 1.54) is 10.4 Å². The Labute approximate surface area is 126 Å². The van der Waals surface area contributed by atoms with E-state index in [9.17, 15) is 5.11 Å². The first-order valence-corrected chi connectivity index (χ1v) is 7.40. The molecule has 3 rings (SSSR count). The number of hydrogen-bond acceptors (Lipinski definition) is 6. The molecule has 0 saturated carbocycles. The molecule has 108 valence electrons. The number of anilines is 2.